The maximum Gasteiger partial charge on any atom is 0.303 e. The molecule has 1 aliphatic rings. The lowest BCUT2D eigenvalue weighted by molar-refractivity contribution is 0.308. The smallest absolute Gasteiger partial charge is 0.267 e. The fourth-order valence-electron chi connectivity index (χ4n) is 0.597. The van der Waals surface area contributed by atoms with Gasteiger partial charge in [-0.05, 0) is 12.5 Å². The summed E-state index contributed by atoms with van der Waals surface area (Å²) >= 11 is 0. The van der Waals surface area contributed by atoms with Gasteiger partial charge in [-0.3, -0.25) is 4.18 Å². The first-order valence-corrected chi connectivity index (χ1v) is 4.29. The first-order valence-electron chi connectivity index (χ1n) is 2.82. The summed E-state index contributed by atoms with van der Waals surface area (Å²) in [7, 11) is -3.95. The second-order valence-electron chi connectivity index (χ2n) is 1.88. The topological polar surface area (TPSA) is 43.4 Å². The van der Waals surface area contributed by atoms with Gasteiger partial charge in [0, 0.05) is 0 Å². The Balaban J connectivity index is 2.86. The standard InChI is InChI=1S/C5H7FO3S/c6-5-3-1-2-4-9-10(5,7)8/h1,3,5H,2,4H2. The van der Waals surface area contributed by atoms with Gasteiger partial charge >= 0.3 is 10.1 Å². The molecule has 1 atom stereocenters. The van der Waals surface area contributed by atoms with Crippen molar-refractivity contribution < 1.29 is 17.0 Å². The minimum absolute atomic E-state index is 0.0409. The summed E-state index contributed by atoms with van der Waals surface area (Å²) in [5.74, 6) is 0. The Morgan fingerprint density at radius 3 is 3.00 bits per heavy atom. The lowest BCUT2D eigenvalue weighted by Crippen LogP contribution is -2.15. The number of hydrogen-bond donors (Lipinski definition) is 0. The van der Waals surface area contributed by atoms with Gasteiger partial charge in [0.1, 0.15) is 0 Å². The molecule has 0 saturated heterocycles. The SMILES string of the molecule is O=S1(=O)OCCC=CC1F. The summed E-state index contributed by atoms with van der Waals surface area (Å²) in [6.45, 7) is 0.0409. The van der Waals surface area contributed by atoms with Crippen LogP contribution in [0.25, 0.3) is 0 Å². The summed E-state index contributed by atoms with van der Waals surface area (Å²) in [6.07, 6.45) is 2.89. The largest absolute Gasteiger partial charge is 0.303 e. The van der Waals surface area contributed by atoms with E-state index in [9.17, 15) is 12.8 Å². The van der Waals surface area contributed by atoms with Crippen molar-refractivity contribution in [2.24, 2.45) is 0 Å². The molecule has 1 rings (SSSR count). The molecule has 1 aliphatic heterocycles. The number of rotatable bonds is 0. The normalized spacial score (nSPS) is 31.5. The molecule has 0 aliphatic carbocycles. The van der Waals surface area contributed by atoms with E-state index in [1.165, 1.54) is 6.08 Å². The molecule has 1 heterocycles. The molecular formula is C5H7FO3S. The molecule has 0 bridgehead atoms. The van der Waals surface area contributed by atoms with Gasteiger partial charge in [-0.2, -0.15) is 8.42 Å². The van der Waals surface area contributed by atoms with E-state index in [2.05, 4.69) is 4.18 Å². The molecule has 0 aromatic carbocycles. The van der Waals surface area contributed by atoms with Crippen LogP contribution < -0.4 is 0 Å². The Labute approximate surface area is 58.6 Å². The third kappa shape index (κ3) is 1.54. The fraction of sp³-hybridized carbons (Fsp3) is 0.600. The maximum absolute atomic E-state index is 12.4. The average molecular weight is 166 g/mol. The minimum Gasteiger partial charge on any atom is -0.267 e. The lowest BCUT2D eigenvalue weighted by atomic mass is 10.4. The van der Waals surface area contributed by atoms with Crippen LogP contribution in [0.5, 0.6) is 0 Å². The summed E-state index contributed by atoms with van der Waals surface area (Å²) < 4.78 is 37.8. The van der Waals surface area contributed by atoms with E-state index < -0.39 is 15.6 Å². The van der Waals surface area contributed by atoms with Crippen LogP contribution in [0, 0.1) is 0 Å². The highest BCUT2D eigenvalue weighted by Gasteiger charge is 2.24. The summed E-state index contributed by atoms with van der Waals surface area (Å²) in [4.78, 5) is 0. The predicted molar refractivity (Wildman–Crippen MR) is 33.5 cm³/mol. The van der Waals surface area contributed by atoms with Crippen molar-refractivity contribution in [1.82, 2.24) is 0 Å². The number of hydrogen-bond acceptors (Lipinski definition) is 3. The van der Waals surface area contributed by atoms with Crippen LogP contribution in [-0.4, -0.2) is 20.5 Å². The van der Waals surface area contributed by atoms with E-state index in [-0.39, 0.29) is 6.61 Å². The van der Waals surface area contributed by atoms with Crippen LogP contribution in [0.2, 0.25) is 0 Å². The summed E-state index contributed by atoms with van der Waals surface area (Å²) in [6, 6.07) is 0. The Morgan fingerprint density at radius 2 is 2.30 bits per heavy atom. The minimum atomic E-state index is -3.95. The van der Waals surface area contributed by atoms with E-state index >= 15 is 0 Å². The Bertz CT molecular complexity index is 231. The molecule has 0 aromatic heterocycles. The van der Waals surface area contributed by atoms with Gasteiger partial charge in [0.15, 0.2) is 0 Å². The van der Waals surface area contributed by atoms with E-state index in [1.54, 1.807) is 0 Å². The van der Waals surface area contributed by atoms with Crippen molar-refractivity contribution in [1.29, 1.82) is 0 Å². The Kier molecular flexibility index (Phi) is 2.05. The van der Waals surface area contributed by atoms with Crippen molar-refractivity contribution >= 4 is 10.1 Å². The molecule has 0 N–H and O–H groups in total. The fourth-order valence-corrected chi connectivity index (χ4v) is 1.36. The highest BCUT2D eigenvalue weighted by molar-refractivity contribution is 7.87. The van der Waals surface area contributed by atoms with Crippen LogP contribution in [0.15, 0.2) is 12.2 Å². The van der Waals surface area contributed by atoms with Crippen LogP contribution in [0.4, 0.5) is 4.39 Å². The van der Waals surface area contributed by atoms with Crippen LogP contribution in [0.3, 0.4) is 0 Å². The second kappa shape index (κ2) is 2.67. The first-order chi connectivity index (χ1) is 4.63. The maximum atomic E-state index is 12.4. The van der Waals surface area contributed by atoms with Crippen LogP contribution in [0.1, 0.15) is 6.42 Å². The van der Waals surface area contributed by atoms with Gasteiger partial charge in [-0.1, -0.05) is 6.08 Å². The average Bonchev–Trinajstić information content (AvgIpc) is 1.96. The summed E-state index contributed by atoms with van der Waals surface area (Å²) in [5.41, 5.74) is -1.99. The van der Waals surface area contributed by atoms with Gasteiger partial charge in [0.25, 0.3) is 0 Å². The second-order valence-corrected chi connectivity index (χ2v) is 3.55. The number of halogens is 1. The van der Waals surface area contributed by atoms with Crippen molar-refractivity contribution in [2.75, 3.05) is 6.61 Å². The molecule has 1 unspecified atom stereocenters. The molecule has 10 heavy (non-hydrogen) atoms. The van der Waals surface area contributed by atoms with Crippen molar-refractivity contribution in [3.8, 4) is 0 Å². The van der Waals surface area contributed by atoms with E-state index in [1.807, 2.05) is 0 Å². The first kappa shape index (κ1) is 7.68. The molecule has 3 nitrogen and oxygen atoms in total. The van der Waals surface area contributed by atoms with E-state index in [0.29, 0.717) is 6.42 Å². The Hall–Kier alpha value is -0.420. The van der Waals surface area contributed by atoms with Gasteiger partial charge < -0.3 is 0 Å². The van der Waals surface area contributed by atoms with Gasteiger partial charge in [0.2, 0.25) is 5.50 Å². The van der Waals surface area contributed by atoms with Gasteiger partial charge in [-0.15, -0.1) is 0 Å². The van der Waals surface area contributed by atoms with Crippen molar-refractivity contribution in [3.63, 3.8) is 0 Å². The van der Waals surface area contributed by atoms with Crippen molar-refractivity contribution in [3.05, 3.63) is 12.2 Å². The van der Waals surface area contributed by atoms with E-state index in [4.69, 9.17) is 0 Å². The molecule has 0 aromatic rings. The van der Waals surface area contributed by atoms with Gasteiger partial charge in [-0.25, -0.2) is 4.39 Å². The summed E-state index contributed by atoms with van der Waals surface area (Å²) in [5, 5.41) is 0. The molecule has 0 fully saturated rings. The molecular weight excluding hydrogens is 159 g/mol. The molecule has 0 amide bonds. The highest BCUT2D eigenvalue weighted by Crippen LogP contribution is 2.11. The molecule has 0 radical (unpaired) electrons. The third-order valence-electron chi connectivity index (χ3n) is 1.10. The number of alkyl halides is 1. The monoisotopic (exact) mass is 166 g/mol. The molecule has 0 saturated carbocycles. The third-order valence-corrected chi connectivity index (χ3v) is 2.30. The van der Waals surface area contributed by atoms with Crippen LogP contribution >= 0.6 is 0 Å². The quantitative estimate of drug-likeness (QED) is 0.390. The van der Waals surface area contributed by atoms with Gasteiger partial charge in [0.05, 0.1) is 6.61 Å². The predicted octanol–water partition coefficient (Wildman–Crippen LogP) is 0.588. The Morgan fingerprint density at radius 1 is 1.60 bits per heavy atom. The molecule has 58 valence electrons. The van der Waals surface area contributed by atoms with E-state index in [0.717, 1.165) is 6.08 Å². The zero-order valence-corrected chi connectivity index (χ0v) is 5.97. The molecule has 5 heteroatoms. The lowest BCUT2D eigenvalue weighted by Gasteiger charge is -2.00. The highest BCUT2D eigenvalue weighted by atomic mass is 32.2. The zero-order chi connectivity index (χ0) is 7.61. The van der Waals surface area contributed by atoms with Crippen molar-refractivity contribution in [2.45, 2.75) is 11.9 Å². The van der Waals surface area contributed by atoms with Crippen LogP contribution in [-0.2, 0) is 14.3 Å². The molecule has 0 spiro atoms. The zero-order valence-electron chi connectivity index (χ0n) is 5.16.